The highest BCUT2D eigenvalue weighted by Gasteiger charge is 2.34. The van der Waals surface area contributed by atoms with Gasteiger partial charge in [-0.2, -0.15) is 0 Å². The van der Waals surface area contributed by atoms with Crippen molar-refractivity contribution in [2.45, 2.75) is 31.7 Å². The fraction of sp³-hybridized carbons (Fsp3) is 0.778. The molecule has 2 aliphatic rings. The number of rotatable bonds is 3. The lowest BCUT2D eigenvalue weighted by Gasteiger charge is -2.14. The van der Waals surface area contributed by atoms with E-state index >= 15 is 0 Å². The molecule has 2 atom stereocenters. The second-order valence-electron chi connectivity index (χ2n) is 4.13. The third-order valence-electron chi connectivity index (χ3n) is 3.14. The van der Waals surface area contributed by atoms with Crippen LogP contribution >= 0.6 is 33.2 Å². The van der Waals surface area contributed by atoms with Gasteiger partial charge in [0.15, 0.2) is 0 Å². The molecule has 0 aromatic rings. The van der Waals surface area contributed by atoms with Crippen LogP contribution in [-0.4, -0.2) is 6.00 Å². The molecule has 74 valence electrons. The second kappa shape index (κ2) is 3.77. The Kier molecular flexibility index (Phi) is 3.00. The van der Waals surface area contributed by atoms with Gasteiger partial charge < -0.3 is 0 Å². The van der Waals surface area contributed by atoms with E-state index < -0.39 is 6.00 Å². The first kappa shape index (κ1) is 10.3. The Morgan fingerprint density at radius 3 is 2.54 bits per heavy atom. The van der Waals surface area contributed by atoms with E-state index in [1.165, 1.54) is 19.3 Å². The van der Waals surface area contributed by atoms with Crippen LogP contribution < -0.4 is 0 Å². The van der Waals surface area contributed by atoms with Crippen LogP contribution in [-0.2, 0) is 0 Å². The highest BCUT2D eigenvalue weighted by molar-refractivity contribution is 7.64. The van der Waals surface area contributed by atoms with Crippen LogP contribution in [0.1, 0.15) is 25.7 Å². The first-order chi connectivity index (χ1) is 6.04. The maximum Gasteiger partial charge on any atom is 0.341 e. The van der Waals surface area contributed by atoms with Gasteiger partial charge in [-0.25, -0.2) is 0 Å². The Morgan fingerprint density at radius 2 is 2.08 bits per heavy atom. The Morgan fingerprint density at radius 1 is 1.31 bits per heavy atom. The van der Waals surface area contributed by atoms with E-state index in [2.05, 4.69) is 6.08 Å². The zero-order valence-corrected chi connectivity index (χ0v) is 10.7. The largest absolute Gasteiger partial charge is 0.341 e. The minimum absolute atomic E-state index is 0.798. The molecular weight excluding hydrogens is 243 g/mol. The molecule has 0 nitrogen and oxygen atoms in total. The lowest BCUT2D eigenvalue weighted by molar-refractivity contribution is 0.635. The summed E-state index contributed by atoms with van der Waals surface area (Å²) in [6, 6.07) is -1.58. The molecule has 0 radical (unpaired) electrons. The Labute approximate surface area is 94.4 Å². The van der Waals surface area contributed by atoms with Crippen LogP contribution in [0.25, 0.3) is 0 Å². The van der Waals surface area contributed by atoms with E-state index in [0.29, 0.717) is 0 Å². The predicted octanol–water partition coefficient (Wildman–Crippen LogP) is 4.39. The van der Waals surface area contributed by atoms with Gasteiger partial charge in [-0.05, 0) is 43.6 Å². The summed E-state index contributed by atoms with van der Waals surface area (Å²) in [6.07, 6.45) is 7.59. The van der Waals surface area contributed by atoms with Gasteiger partial charge in [-0.15, -0.1) is 33.2 Å². The summed E-state index contributed by atoms with van der Waals surface area (Å²) >= 11 is 17.6. The molecule has 0 spiro atoms. The summed E-state index contributed by atoms with van der Waals surface area (Å²) < 4.78 is 0. The number of allylic oxidation sites excluding steroid dienone is 2. The molecule has 0 heterocycles. The highest BCUT2D eigenvalue weighted by Crippen LogP contribution is 2.46. The molecule has 4 heteroatoms. The van der Waals surface area contributed by atoms with Gasteiger partial charge in [-0.1, -0.05) is 11.6 Å². The molecule has 0 aromatic carbocycles. The molecule has 2 bridgehead atoms. The Balaban J connectivity index is 1.87. The molecule has 2 rings (SSSR count). The molecule has 2 aliphatic carbocycles. The summed E-state index contributed by atoms with van der Waals surface area (Å²) in [6.45, 7) is 0. The van der Waals surface area contributed by atoms with E-state index in [0.717, 1.165) is 24.3 Å². The monoisotopic (exact) mass is 254 g/mol. The average Bonchev–Trinajstić information content (AvgIpc) is 2.58. The molecule has 1 saturated carbocycles. The van der Waals surface area contributed by atoms with Crippen molar-refractivity contribution >= 4 is 39.2 Å². The number of fused-ring (bicyclic) bond motifs is 2. The third-order valence-corrected chi connectivity index (χ3v) is 5.66. The van der Waals surface area contributed by atoms with Crippen molar-refractivity contribution in [3.8, 4) is 0 Å². The van der Waals surface area contributed by atoms with Crippen molar-refractivity contribution in [3.05, 3.63) is 11.6 Å². The zero-order valence-electron chi connectivity index (χ0n) is 7.40. The van der Waals surface area contributed by atoms with Crippen molar-refractivity contribution in [2.75, 3.05) is 0 Å². The molecule has 0 amide bonds. The maximum absolute atomic E-state index is 5.86. The zero-order chi connectivity index (χ0) is 9.47. The van der Waals surface area contributed by atoms with Gasteiger partial charge in [-0.3, -0.25) is 0 Å². The molecule has 0 aliphatic heterocycles. The van der Waals surface area contributed by atoms with E-state index in [4.69, 9.17) is 33.2 Å². The van der Waals surface area contributed by atoms with Crippen molar-refractivity contribution in [1.82, 2.24) is 0 Å². The number of halogens is 3. The Hall–Kier alpha value is 0.827. The van der Waals surface area contributed by atoms with E-state index in [-0.39, 0.29) is 0 Å². The summed E-state index contributed by atoms with van der Waals surface area (Å²) in [5, 5.41) is 0. The van der Waals surface area contributed by atoms with Gasteiger partial charge in [0.2, 0.25) is 0 Å². The molecule has 0 N–H and O–H groups in total. The van der Waals surface area contributed by atoms with Crippen molar-refractivity contribution < 1.29 is 0 Å². The van der Waals surface area contributed by atoms with Crippen LogP contribution in [0.4, 0.5) is 0 Å². The van der Waals surface area contributed by atoms with E-state index in [1.807, 2.05) is 0 Å². The molecule has 0 saturated heterocycles. The van der Waals surface area contributed by atoms with E-state index in [9.17, 15) is 0 Å². The van der Waals surface area contributed by atoms with E-state index in [1.54, 1.807) is 5.57 Å². The topological polar surface area (TPSA) is 0 Å². The average molecular weight is 256 g/mol. The third kappa shape index (κ3) is 2.65. The second-order valence-corrected chi connectivity index (χ2v) is 13.4. The SMILES string of the molecule is Cl[Si](Cl)(Cl)CCC1=CC2CCC1C2. The van der Waals surface area contributed by atoms with Gasteiger partial charge in [0.1, 0.15) is 0 Å². The molecule has 13 heavy (non-hydrogen) atoms. The summed E-state index contributed by atoms with van der Waals surface area (Å²) in [7, 11) is 0. The standard InChI is InChI=1S/C9H13Cl3Si/c10-13(11,12)4-3-9-6-7-1-2-8(9)5-7/h6-8H,1-5H2. The van der Waals surface area contributed by atoms with Gasteiger partial charge >= 0.3 is 6.00 Å². The first-order valence-electron chi connectivity index (χ1n) is 4.82. The highest BCUT2D eigenvalue weighted by atomic mass is 35.8. The lowest BCUT2D eigenvalue weighted by atomic mass is 9.97. The van der Waals surface area contributed by atoms with Crippen LogP contribution in [0, 0.1) is 11.8 Å². The van der Waals surface area contributed by atoms with Crippen LogP contribution in [0.3, 0.4) is 0 Å². The van der Waals surface area contributed by atoms with Crippen molar-refractivity contribution in [2.24, 2.45) is 11.8 Å². The fourth-order valence-electron chi connectivity index (χ4n) is 2.52. The van der Waals surface area contributed by atoms with Gasteiger partial charge in [0.05, 0.1) is 0 Å². The number of hydrogen-bond donors (Lipinski definition) is 0. The van der Waals surface area contributed by atoms with Crippen LogP contribution in [0.15, 0.2) is 11.6 Å². The summed E-state index contributed by atoms with van der Waals surface area (Å²) in [4.78, 5) is 0. The first-order valence-corrected chi connectivity index (χ1v) is 10.1. The minimum atomic E-state index is -2.38. The van der Waals surface area contributed by atoms with Crippen LogP contribution in [0.5, 0.6) is 0 Å². The lowest BCUT2D eigenvalue weighted by Crippen LogP contribution is -2.10. The molecule has 2 unspecified atom stereocenters. The molecule has 1 fully saturated rings. The quantitative estimate of drug-likeness (QED) is 0.399. The molecular formula is C9H13Cl3Si. The predicted molar refractivity (Wildman–Crippen MR) is 61.7 cm³/mol. The van der Waals surface area contributed by atoms with Crippen molar-refractivity contribution in [1.29, 1.82) is 0 Å². The minimum Gasteiger partial charge on any atom is -0.126 e. The van der Waals surface area contributed by atoms with Crippen LogP contribution in [0.2, 0.25) is 6.04 Å². The summed E-state index contributed by atoms with van der Waals surface area (Å²) in [5.41, 5.74) is 1.58. The summed E-state index contributed by atoms with van der Waals surface area (Å²) in [5.74, 6) is 1.70. The van der Waals surface area contributed by atoms with Gasteiger partial charge in [0.25, 0.3) is 0 Å². The van der Waals surface area contributed by atoms with Crippen molar-refractivity contribution in [3.63, 3.8) is 0 Å². The number of hydrogen-bond acceptors (Lipinski definition) is 0. The maximum atomic E-state index is 5.86. The normalized spacial score (nSPS) is 32.4. The molecule has 0 aromatic heterocycles. The Bertz CT molecular complexity index is 232. The van der Waals surface area contributed by atoms with Gasteiger partial charge in [0, 0.05) is 0 Å². The smallest absolute Gasteiger partial charge is 0.126 e. The fourth-order valence-corrected chi connectivity index (χ4v) is 3.94.